The van der Waals surface area contributed by atoms with E-state index < -0.39 is 0 Å². The zero-order valence-electron chi connectivity index (χ0n) is 12.2. The fourth-order valence-electron chi connectivity index (χ4n) is 2.99. The molecule has 2 fully saturated rings. The Morgan fingerprint density at radius 1 is 1.32 bits per heavy atom. The van der Waals surface area contributed by atoms with Crippen molar-refractivity contribution in [2.45, 2.75) is 45.4 Å². The van der Waals surface area contributed by atoms with Crippen molar-refractivity contribution in [2.75, 3.05) is 32.8 Å². The smallest absolute Gasteiger partial charge is 0.162 e. The maximum absolute atomic E-state index is 12.3. The number of morpholine rings is 1. The summed E-state index contributed by atoms with van der Waals surface area (Å²) in [5.41, 5.74) is 1.11. The van der Waals surface area contributed by atoms with Gasteiger partial charge in [0, 0.05) is 25.6 Å². The molecule has 108 valence electrons. The third-order valence-corrected chi connectivity index (χ3v) is 4.23. The highest BCUT2D eigenvalue weighted by Crippen LogP contribution is 2.28. The number of ether oxygens (including phenoxy) is 1. The van der Waals surface area contributed by atoms with Crippen LogP contribution in [0.25, 0.3) is 0 Å². The van der Waals surface area contributed by atoms with Crippen molar-refractivity contribution in [1.82, 2.24) is 4.90 Å². The van der Waals surface area contributed by atoms with Crippen LogP contribution in [0.2, 0.25) is 0 Å². The lowest BCUT2D eigenvalue weighted by atomic mass is 10.0. The Morgan fingerprint density at radius 3 is 2.84 bits per heavy atom. The van der Waals surface area contributed by atoms with Crippen LogP contribution in [0.4, 0.5) is 0 Å². The molecule has 19 heavy (non-hydrogen) atoms. The van der Waals surface area contributed by atoms with Crippen LogP contribution in [0.3, 0.4) is 0 Å². The number of nitrogens with zero attached hydrogens (tertiary/aromatic N) is 1. The van der Waals surface area contributed by atoms with Gasteiger partial charge in [-0.05, 0) is 31.3 Å². The quantitative estimate of drug-likeness (QED) is 0.546. The van der Waals surface area contributed by atoms with Gasteiger partial charge in [-0.3, -0.25) is 9.69 Å². The van der Waals surface area contributed by atoms with Gasteiger partial charge in [-0.2, -0.15) is 0 Å². The molecule has 1 aliphatic heterocycles. The van der Waals surface area contributed by atoms with Gasteiger partial charge in [0.15, 0.2) is 5.78 Å². The summed E-state index contributed by atoms with van der Waals surface area (Å²) >= 11 is 0. The molecule has 0 aromatic carbocycles. The molecule has 2 aliphatic rings. The summed E-state index contributed by atoms with van der Waals surface area (Å²) < 4.78 is 5.35. The van der Waals surface area contributed by atoms with E-state index in [9.17, 15) is 4.79 Å². The van der Waals surface area contributed by atoms with Gasteiger partial charge >= 0.3 is 0 Å². The molecule has 1 heterocycles. The summed E-state index contributed by atoms with van der Waals surface area (Å²) in [7, 11) is 0. The molecule has 0 radical (unpaired) electrons. The van der Waals surface area contributed by atoms with Crippen LogP contribution in [0.15, 0.2) is 11.6 Å². The van der Waals surface area contributed by atoms with Gasteiger partial charge in [-0.15, -0.1) is 0 Å². The average Bonchev–Trinajstić information content (AvgIpc) is 2.78. The number of hydrogen-bond acceptors (Lipinski definition) is 3. The summed E-state index contributed by atoms with van der Waals surface area (Å²) in [5, 5.41) is 0. The average molecular weight is 265 g/mol. The maximum Gasteiger partial charge on any atom is 0.162 e. The molecular formula is C16H27NO2. The third-order valence-electron chi connectivity index (χ3n) is 4.23. The predicted molar refractivity (Wildman–Crippen MR) is 77.2 cm³/mol. The fourth-order valence-corrected chi connectivity index (χ4v) is 2.99. The molecule has 1 aliphatic carbocycles. The van der Waals surface area contributed by atoms with E-state index >= 15 is 0 Å². The third kappa shape index (κ3) is 4.43. The van der Waals surface area contributed by atoms with Crippen molar-refractivity contribution in [2.24, 2.45) is 5.92 Å². The first kappa shape index (κ1) is 14.7. The minimum absolute atomic E-state index is 0.246. The van der Waals surface area contributed by atoms with Crippen molar-refractivity contribution in [1.29, 1.82) is 0 Å². The summed E-state index contributed by atoms with van der Waals surface area (Å²) in [4.78, 5) is 14.7. The lowest BCUT2D eigenvalue weighted by Gasteiger charge is -2.28. The van der Waals surface area contributed by atoms with Crippen LogP contribution in [0.1, 0.15) is 45.4 Å². The Hall–Kier alpha value is -0.670. The first-order valence-corrected chi connectivity index (χ1v) is 7.84. The maximum atomic E-state index is 12.3. The Balaban J connectivity index is 1.76. The highest BCUT2D eigenvalue weighted by Gasteiger charge is 2.30. The van der Waals surface area contributed by atoms with Crippen LogP contribution in [-0.4, -0.2) is 43.5 Å². The highest BCUT2D eigenvalue weighted by atomic mass is 16.5. The largest absolute Gasteiger partial charge is 0.379 e. The Bertz CT molecular complexity index is 319. The molecule has 0 aromatic rings. The van der Waals surface area contributed by atoms with Crippen molar-refractivity contribution >= 4 is 5.78 Å². The van der Waals surface area contributed by atoms with Gasteiger partial charge in [0.25, 0.3) is 0 Å². The standard InChI is InChI=1S/C16H27NO2/c1-2-3-4-5-6-14-7-8-15(16(14)18)13-17-9-11-19-12-10-17/h6,15H,2-5,7-13H2,1H3/b14-6+. The van der Waals surface area contributed by atoms with Gasteiger partial charge in [0.05, 0.1) is 13.2 Å². The van der Waals surface area contributed by atoms with E-state index in [1.165, 1.54) is 19.3 Å². The second-order valence-electron chi connectivity index (χ2n) is 5.74. The monoisotopic (exact) mass is 265 g/mol. The molecule has 3 nitrogen and oxygen atoms in total. The van der Waals surface area contributed by atoms with Crippen molar-refractivity contribution < 1.29 is 9.53 Å². The summed E-state index contributed by atoms with van der Waals surface area (Å²) in [6.45, 7) is 6.76. The molecule has 1 saturated heterocycles. The zero-order valence-corrected chi connectivity index (χ0v) is 12.2. The van der Waals surface area contributed by atoms with Crippen LogP contribution >= 0.6 is 0 Å². The highest BCUT2D eigenvalue weighted by molar-refractivity contribution is 5.99. The Labute approximate surface area is 117 Å². The van der Waals surface area contributed by atoms with Crippen LogP contribution in [-0.2, 0) is 9.53 Å². The number of unbranched alkanes of at least 4 members (excludes halogenated alkanes) is 3. The lowest BCUT2D eigenvalue weighted by molar-refractivity contribution is -0.118. The molecule has 1 unspecified atom stereocenters. The van der Waals surface area contributed by atoms with Crippen molar-refractivity contribution in [3.8, 4) is 0 Å². The molecule has 0 aromatic heterocycles. The molecule has 0 spiro atoms. The first-order chi connectivity index (χ1) is 9.31. The minimum Gasteiger partial charge on any atom is -0.379 e. The summed E-state index contributed by atoms with van der Waals surface area (Å²) in [6, 6.07) is 0. The van der Waals surface area contributed by atoms with Gasteiger partial charge in [-0.25, -0.2) is 0 Å². The van der Waals surface area contributed by atoms with Crippen molar-refractivity contribution in [3.63, 3.8) is 0 Å². The Morgan fingerprint density at radius 2 is 2.11 bits per heavy atom. The van der Waals surface area contributed by atoms with Gasteiger partial charge in [-0.1, -0.05) is 25.8 Å². The van der Waals surface area contributed by atoms with Gasteiger partial charge < -0.3 is 4.74 Å². The van der Waals surface area contributed by atoms with E-state index in [2.05, 4.69) is 17.9 Å². The number of Topliss-reactive ketones (excluding diaryl/α,β-unsaturated/α-hetero) is 1. The molecule has 0 bridgehead atoms. The summed E-state index contributed by atoms with van der Waals surface area (Å²) in [6.07, 6.45) is 9.08. The molecule has 3 heteroatoms. The second-order valence-corrected chi connectivity index (χ2v) is 5.74. The van der Waals surface area contributed by atoms with E-state index in [1.807, 2.05) is 0 Å². The van der Waals surface area contributed by atoms with E-state index in [1.54, 1.807) is 0 Å². The van der Waals surface area contributed by atoms with Gasteiger partial charge in [0.2, 0.25) is 0 Å². The zero-order chi connectivity index (χ0) is 13.5. The minimum atomic E-state index is 0.246. The molecule has 1 atom stereocenters. The number of allylic oxidation sites excluding steroid dienone is 2. The van der Waals surface area contributed by atoms with E-state index in [4.69, 9.17) is 4.74 Å². The number of rotatable bonds is 6. The number of carbonyl (C=O) groups excluding carboxylic acids is 1. The number of hydrogen-bond donors (Lipinski definition) is 0. The topological polar surface area (TPSA) is 29.5 Å². The van der Waals surface area contributed by atoms with E-state index in [0.717, 1.165) is 57.7 Å². The summed E-state index contributed by atoms with van der Waals surface area (Å²) in [5.74, 6) is 0.665. The van der Waals surface area contributed by atoms with Crippen LogP contribution < -0.4 is 0 Å². The molecule has 0 amide bonds. The molecule has 2 rings (SSSR count). The number of ketones is 1. The SMILES string of the molecule is CCCCC/C=C1\CCC(CN2CCOCC2)C1=O. The number of carbonyl (C=O) groups is 1. The van der Waals surface area contributed by atoms with E-state index in [0.29, 0.717) is 5.78 Å². The molecule has 1 saturated carbocycles. The molecule has 0 N–H and O–H groups in total. The normalized spacial score (nSPS) is 27.3. The predicted octanol–water partition coefficient (Wildman–Crippen LogP) is 2.80. The van der Waals surface area contributed by atoms with Crippen LogP contribution in [0, 0.1) is 5.92 Å². The Kier molecular flexibility index (Phi) is 6.05. The lowest BCUT2D eigenvalue weighted by Crippen LogP contribution is -2.40. The van der Waals surface area contributed by atoms with Crippen molar-refractivity contribution in [3.05, 3.63) is 11.6 Å². The van der Waals surface area contributed by atoms with Crippen LogP contribution in [0.5, 0.6) is 0 Å². The van der Waals surface area contributed by atoms with E-state index in [-0.39, 0.29) is 5.92 Å². The van der Waals surface area contributed by atoms with Gasteiger partial charge in [0.1, 0.15) is 0 Å². The molecular weight excluding hydrogens is 238 g/mol. The first-order valence-electron chi connectivity index (χ1n) is 7.84. The second kappa shape index (κ2) is 7.81. The fraction of sp³-hybridized carbons (Fsp3) is 0.812.